The zero-order valence-electron chi connectivity index (χ0n) is 19.1. The number of aromatic nitrogens is 4. The van der Waals surface area contributed by atoms with E-state index < -0.39 is 0 Å². The predicted molar refractivity (Wildman–Crippen MR) is 131 cm³/mol. The van der Waals surface area contributed by atoms with Gasteiger partial charge in [-0.3, -0.25) is 4.79 Å². The summed E-state index contributed by atoms with van der Waals surface area (Å²) in [6, 6.07) is 16.8. The zero-order valence-corrected chi connectivity index (χ0v) is 19.9. The van der Waals surface area contributed by atoms with E-state index >= 15 is 0 Å². The zero-order chi connectivity index (χ0) is 22.7. The third-order valence-corrected chi connectivity index (χ3v) is 6.03. The first-order valence-corrected chi connectivity index (χ1v) is 11.9. The van der Waals surface area contributed by atoms with Crippen LogP contribution in [-0.4, -0.2) is 36.9 Å². The number of nitrogens with zero attached hydrogens (tertiary/aromatic N) is 4. The van der Waals surface area contributed by atoms with Crippen LogP contribution in [0.1, 0.15) is 44.7 Å². The summed E-state index contributed by atoms with van der Waals surface area (Å²) in [5.74, 6) is 0.842. The molecular formula is C25H29N5OS. The molecule has 32 heavy (non-hydrogen) atoms. The highest BCUT2D eigenvalue weighted by atomic mass is 32.2. The van der Waals surface area contributed by atoms with Crippen LogP contribution in [0.2, 0.25) is 0 Å². The topological polar surface area (TPSA) is 72.7 Å². The maximum Gasteiger partial charge on any atom is 0.220 e. The third kappa shape index (κ3) is 5.27. The first kappa shape index (κ1) is 22.3. The number of carbonyl (C=O) groups excluding carboxylic acids is 1. The van der Waals surface area contributed by atoms with Crippen molar-refractivity contribution in [3.63, 3.8) is 0 Å². The molecule has 0 saturated carbocycles. The van der Waals surface area contributed by atoms with E-state index in [0.29, 0.717) is 11.6 Å². The van der Waals surface area contributed by atoms with Crippen molar-refractivity contribution in [2.75, 3.05) is 5.75 Å². The Hall–Kier alpha value is -2.93. The molecular weight excluding hydrogens is 418 g/mol. The summed E-state index contributed by atoms with van der Waals surface area (Å²) in [4.78, 5) is 16.9. The Morgan fingerprint density at radius 3 is 2.56 bits per heavy atom. The van der Waals surface area contributed by atoms with E-state index in [-0.39, 0.29) is 11.4 Å². The molecule has 6 nitrogen and oxygen atoms in total. The predicted octanol–water partition coefficient (Wildman–Crippen LogP) is 5.12. The van der Waals surface area contributed by atoms with Crippen molar-refractivity contribution in [1.82, 2.24) is 25.1 Å². The summed E-state index contributed by atoms with van der Waals surface area (Å²) in [5.41, 5.74) is 5.03. The molecule has 0 unspecified atom stereocenters. The van der Waals surface area contributed by atoms with Gasteiger partial charge >= 0.3 is 0 Å². The minimum atomic E-state index is -0.201. The van der Waals surface area contributed by atoms with Gasteiger partial charge in [0.05, 0.1) is 5.52 Å². The van der Waals surface area contributed by atoms with Crippen LogP contribution in [-0.2, 0) is 11.3 Å². The van der Waals surface area contributed by atoms with Crippen LogP contribution < -0.4 is 5.32 Å². The summed E-state index contributed by atoms with van der Waals surface area (Å²) < 4.78 is 2.21. The molecule has 0 fully saturated rings. The number of hydrogen-bond donors (Lipinski definition) is 1. The van der Waals surface area contributed by atoms with Crippen LogP contribution in [0.5, 0.6) is 0 Å². The highest BCUT2D eigenvalue weighted by Gasteiger charge is 2.16. The minimum absolute atomic E-state index is 0.0748. The second-order valence-electron chi connectivity index (χ2n) is 9.11. The van der Waals surface area contributed by atoms with Crippen molar-refractivity contribution in [2.45, 2.75) is 57.8 Å². The average molecular weight is 448 g/mol. The lowest BCUT2D eigenvalue weighted by Crippen LogP contribution is -2.40. The van der Waals surface area contributed by atoms with E-state index in [1.54, 1.807) is 11.8 Å². The molecule has 1 amide bonds. The van der Waals surface area contributed by atoms with Gasteiger partial charge in [0, 0.05) is 29.6 Å². The van der Waals surface area contributed by atoms with Gasteiger partial charge in [-0.15, -0.1) is 10.2 Å². The fourth-order valence-electron chi connectivity index (χ4n) is 3.66. The summed E-state index contributed by atoms with van der Waals surface area (Å²) in [5, 5.41) is 13.6. The van der Waals surface area contributed by atoms with Crippen molar-refractivity contribution < 1.29 is 4.79 Å². The highest BCUT2D eigenvalue weighted by molar-refractivity contribution is 7.99. The van der Waals surface area contributed by atoms with E-state index in [4.69, 9.17) is 4.98 Å². The van der Waals surface area contributed by atoms with E-state index in [1.807, 2.05) is 32.9 Å². The number of para-hydroxylation sites is 1. The van der Waals surface area contributed by atoms with Crippen LogP contribution >= 0.6 is 11.8 Å². The number of thioether (sulfide) groups is 1. The van der Waals surface area contributed by atoms with Gasteiger partial charge in [0.1, 0.15) is 5.52 Å². The molecule has 166 valence electrons. The Kier molecular flexibility index (Phi) is 6.46. The van der Waals surface area contributed by atoms with Gasteiger partial charge in [-0.1, -0.05) is 59.8 Å². The lowest BCUT2D eigenvalue weighted by atomic mass is 10.1. The van der Waals surface area contributed by atoms with E-state index in [0.717, 1.165) is 40.8 Å². The first-order valence-electron chi connectivity index (χ1n) is 10.9. The second-order valence-corrected chi connectivity index (χ2v) is 10.2. The van der Waals surface area contributed by atoms with Crippen LogP contribution in [0.3, 0.4) is 0 Å². The van der Waals surface area contributed by atoms with Gasteiger partial charge in [0.2, 0.25) is 11.1 Å². The van der Waals surface area contributed by atoms with Crippen molar-refractivity contribution in [2.24, 2.45) is 0 Å². The van der Waals surface area contributed by atoms with E-state index in [2.05, 4.69) is 63.4 Å². The maximum atomic E-state index is 12.0. The van der Waals surface area contributed by atoms with Gasteiger partial charge in [-0.2, -0.15) is 0 Å². The largest absolute Gasteiger partial charge is 0.352 e. The van der Waals surface area contributed by atoms with Gasteiger partial charge in [-0.05, 0) is 45.7 Å². The van der Waals surface area contributed by atoms with E-state index in [9.17, 15) is 4.79 Å². The molecule has 0 aliphatic heterocycles. The standard InChI is InChI=1S/C25H29N5OS/c1-17-11-13-18(14-12-17)16-30-20-9-6-5-8-19(20)22-23(30)26-24(29-28-22)32-15-7-10-21(31)27-25(2,3)4/h5-6,8-9,11-14H,7,10,15-16H2,1-4H3,(H,27,31). The molecule has 0 atom stereocenters. The number of hydrogen-bond acceptors (Lipinski definition) is 5. The molecule has 0 radical (unpaired) electrons. The number of amides is 1. The number of benzene rings is 2. The quantitative estimate of drug-likeness (QED) is 0.314. The number of nitrogens with one attached hydrogen (secondary N) is 1. The monoisotopic (exact) mass is 447 g/mol. The van der Waals surface area contributed by atoms with Gasteiger partial charge in [0.25, 0.3) is 0 Å². The molecule has 4 rings (SSSR count). The Bertz CT molecular complexity index is 1240. The van der Waals surface area contributed by atoms with Crippen molar-refractivity contribution in [3.05, 3.63) is 59.7 Å². The van der Waals surface area contributed by atoms with Gasteiger partial charge in [0.15, 0.2) is 5.65 Å². The molecule has 0 saturated heterocycles. The maximum absolute atomic E-state index is 12.0. The molecule has 0 aliphatic rings. The smallest absolute Gasteiger partial charge is 0.220 e. The highest BCUT2D eigenvalue weighted by Crippen LogP contribution is 2.28. The molecule has 2 aromatic heterocycles. The molecule has 0 bridgehead atoms. The van der Waals surface area contributed by atoms with Gasteiger partial charge in [-0.25, -0.2) is 4.98 Å². The molecule has 2 aromatic carbocycles. The number of rotatable bonds is 7. The third-order valence-electron chi connectivity index (χ3n) is 5.11. The van der Waals surface area contributed by atoms with Gasteiger partial charge < -0.3 is 9.88 Å². The fourth-order valence-corrected chi connectivity index (χ4v) is 4.38. The molecule has 4 aromatic rings. The van der Waals surface area contributed by atoms with Crippen LogP contribution in [0.15, 0.2) is 53.7 Å². The number of fused-ring (bicyclic) bond motifs is 3. The Morgan fingerprint density at radius 1 is 1.06 bits per heavy atom. The first-order chi connectivity index (χ1) is 15.3. The normalized spacial score (nSPS) is 11.9. The minimum Gasteiger partial charge on any atom is -0.352 e. The number of aryl methyl sites for hydroxylation is 1. The van der Waals surface area contributed by atoms with Crippen molar-refractivity contribution in [1.29, 1.82) is 0 Å². The summed E-state index contributed by atoms with van der Waals surface area (Å²) in [6.45, 7) is 8.79. The summed E-state index contributed by atoms with van der Waals surface area (Å²) in [7, 11) is 0. The van der Waals surface area contributed by atoms with Crippen LogP contribution in [0.4, 0.5) is 0 Å². The number of carbonyl (C=O) groups is 1. The molecule has 0 spiro atoms. The lowest BCUT2D eigenvalue weighted by molar-refractivity contribution is -0.122. The fraction of sp³-hybridized carbons (Fsp3) is 0.360. The SMILES string of the molecule is Cc1ccc(Cn2c3ccccc3c3nnc(SCCCC(=O)NC(C)(C)C)nc32)cc1. The Morgan fingerprint density at radius 2 is 1.81 bits per heavy atom. The molecule has 2 heterocycles. The summed E-state index contributed by atoms with van der Waals surface area (Å²) in [6.07, 6.45) is 1.26. The average Bonchev–Trinajstić information content (AvgIpc) is 3.05. The Labute approximate surface area is 192 Å². The van der Waals surface area contributed by atoms with E-state index in [1.165, 1.54) is 11.1 Å². The molecule has 7 heteroatoms. The molecule has 1 N–H and O–H groups in total. The lowest BCUT2D eigenvalue weighted by Gasteiger charge is -2.20. The summed E-state index contributed by atoms with van der Waals surface area (Å²) >= 11 is 1.54. The van der Waals surface area contributed by atoms with Crippen LogP contribution in [0.25, 0.3) is 22.1 Å². The Balaban J connectivity index is 1.54. The van der Waals surface area contributed by atoms with Crippen molar-refractivity contribution in [3.8, 4) is 0 Å². The second kappa shape index (κ2) is 9.28. The molecule has 0 aliphatic carbocycles. The van der Waals surface area contributed by atoms with Crippen LogP contribution in [0, 0.1) is 6.92 Å². The van der Waals surface area contributed by atoms with Crippen molar-refractivity contribution >= 4 is 39.7 Å².